The average Bonchev–Trinajstić information content (AvgIpc) is 2.39. The van der Waals surface area contributed by atoms with E-state index in [9.17, 15) is 0 Å². The molecule has 1 unspecified atom stereocenters. The Bertz CT molecular complexity index is 340. The summed E-state index contributed by atoms with van der Waals surface area (Å²) in [5, 5.41) is 1.18. The van der Waals surface area contributed by atoms with Crippen molar-refractivity contribution >= 4 is 14.5 Å². The van der Waals surface area contributed by atoms with Crippen molar-refractivity contribution < 1.29 is 8.85 Å². The molecule has 0 aliphatic rings. The van der Waals surface area contributed by atoms with Crippen molar-refractivity contribution in [3.05, 3.63) is 29.8 Å². The highest BCUT2D eigenvalue weighted by atomic mass is 28.3. The Morgan fingerprint density at radius 1 is 1.17 bits per heavy atom. The fourth-order valence-corrected chi connectivity index (χ4v) is 3.64. The summed E-state index contributed by atoms with van der Waals surface area (Å²) in [6.07, 6.45) is 2.11. The third kappa shape index (κ3) is 4.53. The SMILES string of the molecule is CCCC(N)c1cccc([SiH](OCC)OCC)c1. The molecular formula is C14H25NO2Si. The second-order valence-corrected chi connectivity index (χ2v) is 6.31. The monoisotopic (exact) mass is 267 g/mol. The molecule has 0 aliphatic heterocycles. The molecule has 0 aromatic heterocycles. The van der Waals surface area contributed by atoms with Crippen LogP contribution in [-0.4, -0.2) is 22.5 Å². The van der Waals surface area contributed by atoms with E-state index in [-0.39, 0.29) is 6.04 Å². The second kappa shape index (κ2) is 8.42. The maximum Gasteiger partial charge on any atom is 0.355 e. The molecule has 1 aromatic rings. The van der Waals surface area contributed by atoms with Crippen molar-refractivity contribution in [3.63, 3.8) is 0 Å². The first-order valence-electron chi connectivity index (χ1n) is 6.81. The lowest BCUT2D eigenvalue weighted by atomic mass is 10.0. The van der Waals surface area contributed by atoms with Gasteiger partial charge in [-0.05, 0) is 31.0 Å². The van der Waals surface area contributed by atoms with Crippen LogP contribution in [0.5, 0.6) is 0 Å². The number of benzene rings is 1. The van der Waals surface area contributed by atoms with Crippen LogP contribution < -0.4 is 10.9 Å². The standard InChI is InChI=1S/C14H25NO2Si/c1-4-8-14(15)12-9-7-10-13(11-12)18(16-5-2)17-6-3/h7,9-11,14,18H,4-6,8,15H2,1-3H3. The van der Waals surface area contributed by atoms with Crippen LogP contribution in [0.15, 0.2) is 24.3 Å². The first kappa shape index (κ1) is 15.4. The van der Waals surface area contributed by atoms with Gasteiger partial charge >= 0.3 is 9.28 Å². The molecule has 0 radical (unpaired) electrons. The molecule has 0 spiro atoms. The fraction of sp³-hybridized carbons (Fsp3) is 0.571. The maximum absolute atomic E-state index is 6.16. The van der Waals surface area contributed by atoms with E-state index < -0.39 is 9.28 Å². The molecule has 0 amide bonds. The Labute approximate surface area is 112 Å². The van der Waals surface area contributed by atoms with Crippen molar-refractivity contribution in [1.82, 2.24) is 0 Å². The van der Waals surface area contributed by atoms with Gasteiger partial charge in [0.15, 0.2) is 0 Å². The summed E-state index contributed by atoms with van der Waals surface area (Å²) in [7, 11) is -1.74. The van der Waals surface area contributed by atoms with E-state index in [0.717, 1.165) is 12.8 Å². The molecule has 1 aromatic carbocycles. The van der Waals surface area contributed by atoms with E-state index >= 15 is 0 Å². The summed E-state index contributed by atoms with van der Waals surface area (Å²) in [6, 6.07) is 8.51. The molecule has 102 valence electrons. The first-order chi connectivity index (χ1) is 8.72. The molecule has 0 bridgehead atoms. The predicted molar refractivity (Wildman–Crippen MR) is 78.3 cm³/mol. The van der Waals surface area contributed by atoms with E-state index in [1.807, 2.05) is 13.8 Å². The van der Waals surface area contributed by atoms with Crippen LogP contribution in [0.4, 0.5) is 0 Å². The molecule has 18 heavy (non-hydrogen) atoms. The Morgan fingerprint density at radius 2 is 1.83 bits per heavy atom. The van der Waals surface area contributed by atoms with Crippen molar-refractivity contribution in [1.29, 1.82) is 0 Å². The van der Waals surface area contributed by atoms with Crippen LogP contribution in [0.3, 0.4) is 0 Å². The molecule has 4 heteroatoms. The van der Waals surface area contributed by atoms with Gasteiger partial charge < -0.3 is 14.6 Å². The summed E-state index contributed by atoms with van der Waals surface area (Å²) >= 11 is 0. The van der Waals surface area contributed by atoms with E-state index in [0.29, 0.717) is 13.2 Å². The Balaban J connectivity index is 2.84. The third-order valence-corrected chi connectivity index (χ3v) is 5.02. The van der Waals surface area contributed by atoms with Gasteiger partial charge in [-0.15, -0.1) is 0 Å². The Morgan fingerprint density at radius 3 is 2.39 bits per heavy atom. The maximum atomic E-state index is 6.16. The van der Waals surface area contributed by atoms with Gasteiger partial charge in [0.2, 0.25) is 0 Å². The van der Waals surface area contributed by atoms with Crippen LogP contribution in [0.25, 0.3) is 0 Å². The van der Waals surface area contributed by atoms with Crippen LogP contribution in [0.2, 0.25) is 0 Å². The smallest absolute Gasteiger partial charge is 0.355 e. The lowest BCUT2D eigenvalue weighted by molar-refractivity contribution is 0.225. The fourth-order valence-electron chi connectivity index (χ4n) is 1.96. The zero-order chi connectivity index (χ0) is 13.4. The number of hydrogen-bond acceptors (Lipinski definition) is 3. The molecule has 0 saturated heterocycles. The summed E-state index contributed by atoms with van der Waals surface area (Å²) in [6.45, 7) is 7.56. The highest BCUT2D eigenvalue weighted by Gasteiger charge is 2.16. The molecule has 1 rings (SSSR count). The van der Waals surface area contributed by atoms with E-state index in [4.69, 9.17) is 14.6 Å². The number of hydrogen-bond donors (Lipinski definition) is 1. The molecule has 0 saturated carbocycles. The van der Waals surface area contributed by atoms with Gasteiger partial charge in [-0.1, -0.05) is 37.6 Å². The second-order valence-electron chi connectivity index (χ2n) is 4.31. The third-order valence-electron chi connectivity index (χ3n) is 2.85. The molecule has 0 heterocycles. The van der Waals surface area contributed by atoms with Crippen LogP contribution in [0, 0.1) is 0 Å². The zero-order valence-corrected chi connectivity index (χ0v) is 12.8. The Hall–Kier alpha value is -0.683. The summed E-state index contributed by atoms with van der Waals surface area (Å²) < 4.78 is 11.5. The van der Waals surface area contributed by atoms with E-state index in [2.05, 4.69) is 31.2 Å². The molecule has 2 N–H and O–H groups in total. The normalized spacial score (nSPS) is 12.9. The summed E-state index contributed by atoms with van der Waals surface area (Å²) in [5.41, 5.74) is 7.34. The minimum Gasteiger partial charge on any atom is -0.394 e. The van der Waals surface area contributed by atoms with Gasteiger partial charge in [0.1, 0.15) is 0 Å². The quantitative estimate of drug-likeness (QED) is 0.733. The highest BCUT2D eigenvalue weighted by molar-refractivity contribution is 6.61. The largest absolute Gasteiger partial charge is 0.394 e. The van der Waals surface area contributed by atoms with Gasteiger partial charge in [-0.2, -0.15) is 0 Å². The number of nitrogens with two attached hydrogens (primary N) is 1. The van der Waals surface area contributed by atoms with Crippen molar-refractivity contribution in [2.75, 3.05) is 13.2 Å². The van der Waals surface area contributed by atoms with Crippen LogP contribution in [0.1, 0.15) is 45.2 Å². The Kier molecular flexibility index (Phi) is 7.20. The summed E-state index contributed by atoms with van der Waals surface area (Å²) in [4.78, 5) is 0. The first-order valence-corrected chi connectivity index (χ1v) is 8.33. The minimum atomic E-state index is -1.74. The van der Waals surface area contributed by atoms with Gasteiger partial charge in [-0.25, -0.2) is 0 Å². The molecule has 0 fully saturated rings. The lowest BCUT2D eigenvalue weighted by Gasteiger charge is -2.17. The van der Waals surface area contributed by atoms with Crippen LogP contribution >= 0.6 is 0 Å². The van der Waals surface area contributed by atoms with E-state index in [1.54, 1.807) is 0 Å². The topological polar surface area (TPSA) is 44.5 Å². The van der Waals surface area contributed by atoms with Crippen LogP contribution in [-0.2, 0) is 8.85 Å². The lowest BCUT2D eigenvalue weighted by Crippen LogP contribution is -2.37. The number of rotatable bonds is 8. The van der Waals surface area contributed by atoms with Gasteiger partial charge in [0, 0.05) is 19.3 Å². The van der Waals surface area contributed by atoms with Gasteiger partial charge in [0.05, 0.1) is 0 Å². The minimum absolute atomic E-state index is 0.118. The predicted octanol–water partition coefficient (Wildman–Crippen LogP) is 1.99. The summed E-state index contributed by atoms with van der Waals surface area (Å²) in [5.74, 6) is 0. The zero-order valence-electron chi connectivity index (χ0n) is 11.7. The van der Waals surface area contributed by atoms with Crippen molar-refractivity contribution in [3.8, 4) is 0 Å². The van der Waals surface area contributed by atoms with Crippen molar-refractivity contribution in [2.24, 2.45) is 5.73 Å². The highest BCUT2D eigenvalue weighted by Crippen LogP contribution is 2.14. The van der Waals surface area contributed by atoms with E-state index in [1.165, 1.54) is 10.8 Å². The van der Waals surface area contributed by atoms with Gasteiger partial charge in [0.25, 0.3) is 0 Å². The molecule has 0 aliphatic carbocycles. The average molecular weight is 267 g/mol. The molecular weight excluding hydrogens is 242 g/mol. The van der Waals surface area contributed by atoms with Crippen molar-refractivity contribution in [2.45, 2.75) is 39.7 Å². The molecule has 1 atom stereocenters. The molecule has 3 nitrogen and oxygen atoms in total. The van der Waals surface area contributed by atoms with Gasteiger partial charge in [-0.3, -0.25) is 0 Å².